The van der Waals surface area contributed by atoms with Gasteiger partial charge in [0.25, 0.3) is 5.91 Å². The molecule has 0 saturated carbocycles. The van der Waals surface area contributed by atoms with E-state index in [4.69, 9.17) is 0 Å². The topological polar surface area (TPSA) is 32.3 Å². The van der Waals surface area contributed by atoms with Crippen molar-refractivity contribution in [1.82, 2.24) is 5.32 Å². The van der Waals surface area contributed by atoms with E-state index in [0.29, 0.717) is 6.54 Å². The first-order valence-electron chi connectivity index (χ1n) is 8.74. The molecule has 1 aliphatic heterocycles. The number of fused-ring (bicyclic) bond motifs is 1. The second-order valence-corrected chi connectivity index (χ2v) is 7.42. The Bertz CT molecular complexity index is 959. The number of benzene rings is 2. The van der Waals surface area contributed by atoms with Gasteiger partial charge in [0.1, 0.15) is 0 Å². The molecule has 1 amide bonds. The molecule has 0 bridgehead atoms. The summed E-state index contributed by atoms with van der Waals surface area (Å²) in [7, 11) is 0. The maximum Gasteiger partial charge on any atom is 0.251 e. The highest BCUT2D eigenvalue weighted by atomic mass is 32.1. The van der Waals surface area contributed by atoms with Gasteiger partial charge in [0.05, 0.1) is 6.04 Å². The maximum atomic E-state index is 13.4. The third-order valence-corrected chi connectivity index (χ3v) is 5.78. The van der Waals surface area contributed by atoms with Crippen LogP contribution in [0.2, 0.25) is 0 Å². The van der Waals surface area contributed by atoms with Gasteiger partial charge < -0.3 is 10.2 Å². The number of hydrogen-bond acceptors (Lipinski definition) is 3. The average Bonchev–Trinajstić information content (AvgIpc) is 3.35. The SMILES string of the molecule is O=C(NC[C@H](c1cccs1)N1CCc2ccccc21)c1ccc(F)c(F)c1. The summed E-state index contributed by atoms with van der Waals surface area (Å²) in [5.41, 5.74) is 2.59. The quantitative estimate of drug-likeness (QED) is 0.699. The van der Waals surface area contributed by atoms with Gasteiger partial charge >= 0.3 is 0 Å². The molecule has 0 aliphatic carbocycles. The molecule has 0 radical (unpaired) electrons. The molecule has 1 aromatic heterocycles. The van der Waals surface area contributed by atoms with Crippen LogP contribution in [0.3, 0.4) is 0 Å². The van der Waals surface area contributed by atoms with Crippen LogP contribution in [0.15, 0.2) is 60.0 Å². The van der Waals surface area contributed by atoms with Crippen LogP contribution in [0.5, 0.6) is 0 Å². The fourth-order valence-electron chi connectivity index (χ4n) is 3.46. The average molecular weight is 384 g/mol. The molecule has 2 heterocycles. The van der Waals surface area contributed by atoms with Gasteiger partial charge in [0, 0.05) is 29.2 Å². The number of amides is 1. The van der Waals surface area contributed by atoms with E-state index >= 15 is 0 Å². The maximum absolute atomic E-state index is 13.4. The number of carbonyl (C=O) groups is 1. The molecule has 1 N–H and O–H groups in total. The summed E-state index contributed by atoms with van der Waals surface area (Å²) in [6.07, 6.45) is 0.967. The van der Waals surface area contributed by atoms with Crippen LogP contribution >= 0.6 is 11.3 Å². The van der Waals surface area contributed by atoms with Crippen molar-refractivity contribution in [1.29, 1.82) is 0 Å². The molecular weight excluding hydrogens is 366 g/mol. The third kappa shape index (κ3) is 3.57. The van der Waals surface area contributed by atoms with E-state index in [-0.39, 0.29) is 11.6 Å². The van der Waals surface area contributed by atoms with E-state index in [9.17, 15) is 13.6 Å². The first-order valence-corrected chi connectivity index (χ1v) is 9.62. The van der Waals surface area contributed by atoms with Crippen molar-refractivity contribution in [2.24, 2.45) is 0 Å². The molecule has 3 aromatic rings. The summed E-state index contributed by atoms with van der Waals surface area (Å²) >= 11 is 1.64. The van der Waals surface area contributed by atoms with Gasteiger partial charge in [-0.1, -0.05) is 24.3 Å². The molecule has 0 saturated heterocycles. The molecule has 138 valence electrons. The van der Waals surface area contributed by atoms with Crippen LogP contribution in [-0.4, -0.2) is 19.0 Å². The summed E-state index contributed by atoms with van der Waals surface area (Å²) in [5, 5.41) is 4.89. The van der Waals surface area contributed by atoms with Crippen molar-refractivity contribution in [2.45, 2.75) is 12.5 Å². The molecular formula is C21H18F2N2OS. The van der Waals surface area contributed by atoms with Crippen molar-refractivity contribution in [2.75, 3.05) is 18.0 Å². The van der Waals surface area contributed by atoms with Crippen molar-refractivity contribution >= 4 is 22.9 Å². The number of para-hydroxylation sites is 1. The van der Waals surface area contributed by atoms with Gasteiger partial charge in [-0.2, -0.15) is 0 Å². The van der Waals surface area contributed by atoms with Gasteiger partial charge in [-0.15, -0.1) is 11.3 Å². The Morgan fingerprint density at radius 1 is 1.11 bits per heavy atom. The third-order valence-electron chi connectivity index (χ3n) is 4.81. The highest BCUT2D eigenvalue weighted by Gasteiger charge is 2.28. The Kier molecular flexibility index (Phi) is 4.90. The van der Waals surface area contributed by atoms with Gasteiger partial charge in [0.15, 0.2) is 11.6 Å². The van der Waals surface area contributed by atoms with E-state index in [2.05, 4.69) is 28.4 Å². The smallest absolute Gasteiger partial charge is 0.251 e. The van der Waals surface area contributed by atoms with Crippen molar-refractivity contribution < 1.29 is 13.6 Å². The zero-order valence-electron chi connectivity index (χ0n) is 14.5. The van der Waals surface area contributed by atoms with Crippen LogP contribution in [0.1, 0.15) is 26.8 Å². The Balaban J connectivity index is 1.54. The monoisotopic (exact) mass is 384 g/mol. The molecule has 1 atom stereocenters. The Morgan fingerprint density at radius 2 is 1.96 bits per heavy atom. The molecule has 1 aliphatic rings. The normalized spacial score (nSPS) is 14.1. The summed E-state index contributed by atoms with van der Waals surface area (Å²) in [6, 6.07) is 15.5. The highest BCUT2D eigenvalue weighted by Crippen LogP contribution is 2.36. The molecule has 4 rings (SSSR count). The molecule has 0 spiro atoms. The molecule has 3 nitrogen and oxygen atoms in total. The lowest BCUT2D eigenvalue weighted by Gasteiger charge is -2.30. The second-order valence-electron chi connectivity index (χ2n) is 6.44. The Labute approximate surface area is 160 Å². The summed E-state index contributed by atoms with van der Waals surface area (Å²) in [5.74, 6) is -2.40. The zero-order valence-corrected chi connectivity index (χ0v) is 15.3. The second kappa shape index (κ2) is 7.48. The van der Waals surface area contributed by atoms with Crippen LogP contribution in [-0.2, 0) is 6.42 Å². The molecule has 0 unspecified atom stereocenters. The number of nitrogens with one attached hydrogen (secondary N) is 1. The van der Waals surface area contributed by atoms with Crippen molar-refractivity contribution in [3.05, 3.63) is 87.6 Å². The van der Waals surface area contributed by atoms with Gasteiger partial charge in [0.2, 0.25) is 0 Å². The van der Waals surface area contributed by atoms with E-state index in [1.54, 1.807) is 11.3 Å². The largest absolute Gasteiger partial charge is 0.361 e. The minimum atomic E-state index is -1.02. The number of thiophene rings is 1. The Hall–Kier alpha value is -2.73. The molecule has 6 heteroatoms. The highest BCUT2D eigenvalue weighted by molar-refractivity contribution is 7.10. The van der Waals surface area contributed by atoms with Crippen molar-refractivity contribution in [3.8, 4) is 0 Å². The summed E-state index contributed by atoms with van der Waals surface area (Å²) < 4.78 is 26.5. The van der Waals surface area contributed by atoms with E-state index in [0.717, 1.165) is 30.0 Å². The van der Waals surface area contributed by atoms with E-state index in [1.807, 2.05) is 23.6 Å². The lowest BCUT2D eigenvalue weighted by atomic mass is 10.1. The fraction of sp³-hybridized carbons (Fsp3) is 0.190. The van der Waals surface area contributed by atoms with Crippen molar-refractivity contribution in [3.63, 3.8) is 0 Å². The standard InChI is InChI=1S/C21H18F2N2OS/c22-16-8-7-15(12-17(16)23)21(26)24-13-19(20-6-3-11-27-20)25-10-9-14-4-1-2-5-18(14)25/h1-8,11-12,19H,9-10,13H2,(H,24,26)/t19-/m1/s1. The zero-order chi connectivity index (χ0) is 18.8. The van der Waals surface area contributed by atoms with Gasteiger partial charge in [-0.3, -0.25) is 4.79 Å². The number of anilines is 1. The lowest BCUT2D eigenvalue weighted by molar-refractivity contribution is 0.0950. The van der Waals surface area contributed by atoms with Crippen LogP contribution in [0.4, 0.5) is 14.5 Å². The summed E-state index contributed by atoms with van der Waals surface area (Å²) in [4.78, 5) is 15.9. The molecule has 0 fully saturated rings. The van der Waals surface area contributed by atoms with E-state index in [1.165, 1.54) is 17.3 Å². The van der Waals surface area contributed by atoms with Crippen LogP contribution in [0, 0.1) is 11.6 Å². The Morgan fingerprint density at radius 3 is 2.74 bits per heavy atom. The summed E-state index contributed by atoms with van der Waals surface area (Å²) in [6.45, 7) is 1.26. The van der Waals surface area contributed by atoms with Crippen LogP contribution in [0.25, 0.3) is 0 Å². The minimum Gasteiger partial charge on any atom is -0.361 e. The predicted octanol–water partition coefficient (Wildman–Crippen LogP) is 4.56. The lowest BCUT2D eigenvalue weighted by Crippen LogP contribution is -2.37. The number of hydrogen-bond donors (Lipinski definition) is 1. The first-order chi connectivity index (χ1) is 13.1. The van der Waals surface area contributed by atoms with Crippen LogP contribution < -0.4 is 10.2 Å². The molecule has 2 aromatic carbocycles. The predicted molar refractivity (Wildman–Crippen MR) is 103 cm³/mol. The molecule has 27 heavy (non-hydrogen) atoms. The van der Waals surface area contributed by atoms with Gasteiger partial charge in [-0.25, -0.2) is 8.78 Å². The number of nitrogens with zero attached hydrogens (tertiary/aromatic N) is 1. The minimum absolute atomic E-state index is 0.0112. The first kappa shape index (κ1) is 17.7. The van der Waals surface area contributed by atoms with Gasteiger partial charge in [-0.05, 0) is 47.7 Å². The van der Waals surface area contributed by atoms with E-state index < -0.39 is 17.5 Å². The number of rotatable bonds is 5. The number of carbonyl (C=O) groups excluding carboxylic acids is 1. The fourth-order valence-corrected chi connectivity index (χ4v) is 4.30. The number of halogens is 2.